The maximum atomic E-state index is 12.6. The predicted octanol–water partition coefficient (Wildman–Crippen LogP) is 1.82. The predicted molar refractivity (Wildman–Crippen MR) is 105 cm³/mol. The van der Waals surface area contributed by atoms with Crippen LogP contribution in [0.25, 0.3) is 0 Å². The van der Waals surface area contributed by atoms with E-state index in [-0.39, 0.29) is 29.5 Å². The largest absolute Gasteiger partial charge is 0.369 e. The minimum absolute atomic E-state index is 0.0925. The van der Waals surface area contributed by atoms with Gasteiger partial charge in [0.1, 0.15) is 5.69 Å². The Balaban J connectivity index is 1.85. The van der Waals surface area contributed by atoms with Crippen LogP contribution in [0.5, 0.6) is 0 Å². The van der Waals surface area contributed by atoms with Crippen molar-refractivity contribution in [1.29, 1.82) is 0 Å². The van der Waals surface area contributed by atoms with Gasteiger partial charge >= 0.3 is 0 Å². The van der Waals surface area contributed by atoms with E-state index in [0.29, 0.717) is 37.4 Å². The van der Waals surface area contributed by atoms with E-state index in [4.69, 9.17) is 5.73 Å². The van der Waals surface area contributed by atoms with Crippen molar-refractivity contribution in [2.45, 2.75) is 6.42 Å². The van der Waals surface area contributed by atoms with Crippen LogP contribution in [-0.4, -0.2) is 54.2 Å². The van der Waals surface area contributed by atoms with Gasteiger partial charge in [-0.05, 0) is 18.6 Å². The van der Waals surface area contributed by atoms with Gasteiger partial charge < -0.3 is 10.6 Å². The molecule has 3 rings (SSSR count). The van der Waals surface area contributed by atoms with Crippen LogP contribution >= 0.6 is 0 Å². The Morgan fingerprint density at radius 2 is 1.75 bits per heavy atom. The van der Waals surface area contributed by atoms with Gasteiger partial charge in [0.25, 0.3) is 5.69 Å². The van der Waals surface area contributed by atoms with Crippen molar-refractivity contribution in [1.82, 2.24) is 4.90 Å². The molecule has 2 aromatic rings. The molecule has 8 nitrogen and oxygen atoms in total. The minimum Gasteiger partial charge on any atom is -0.369 e. The number of benzene rings is 2. The quantitative estimate of drug-likeness (QED) is 0.464. The van der Waals surface area contributed by atoms with E-state index in [9.17, 15) is 19.7 Å². The zero-order chi connectivity index (χ0) is 20.1. The summed E-state index contributed by atoms with van der Waals surface area (Å²) in [4.78, 5) is 38.8. The topological polar surface area (TPSA) is 110 Å². The summed E-state index contributed by atoms with van der Waals surface area (Å²) in [6.45, 7) is 2.64. The van der Waals surface area contributed by atoms with Crippen LogP contribution in [0.3, 0.4) is 0 Å². The fraction of sp³-hybridized carbons (Fsp3) is 0.300. The Labute approximate surface area is 162 Å². The fourth-order valence-corrected chi connectivity index (χ4v) is 3.42. The molecule has 2 N–H and O–H groups in total. The zero-order valence-corrected chi connectivity index (χ0v) is 15.4. The van der Waals surface area contributed by atoms with Crippen molar-refractivity contribution in [3.63, 3.8) is 0 Å². The second-order valence-corrected chi connectivity index (χ2v) is 6.74. The molecule has 8 heteroatoms. The molecular weight excluding hydrogens is 360 g/mol. The third kappa shape index (κ3) is 4.52. The van der Waals surface area contributed by atoms with Crippen LogP contribution in [0.2, 0.25) is 0 Å². The summed E-state index contributed by atoms with van der Waals surface area (Å²) in [7, 11) is 0. The molecule has 1 aliphatic rings. The molecule has 0 aromatic heterocycles. The highest BCUT2D eigenvalue weighted by Crippen LogP contribution is 2.31. The molecule has 1 saturated heterocycles. The van der Waals surface area contributed by atoms with E-state index < -0.39 is 4.92 Å². The molecule has 0 radical (unpaired) electrons. The first-order chi connectivity index (χ1) is 13.5. The lowest BCUT2D eigenvalue weighted by Crippen LogP contribution is -2.36. The smallest absolute Gasteiger partial charge is 0.293 e. The van der Waals surface area contributed by atoms with Crippen LogP contribution in [0.15, 0.2) is 48.5 Å². The van der Waals surface area contributed by atoms with E-state index in [2.05, 4.69) is 0 Å². The molecule has 0 spiro atoms. The molecule has 146 valence electrons. The van der Waals surface area contributed by atoms with Crippen LogP contribution < -0.4 is 10.6 Å². The number of hydrogen-bond acceptors (Lipinski definition) is 6. The highest BCUT2D eigenvalue weighted by molar-refractivity contribution is 6.09. The van der Waals surface area contributed by atoms with Crippen molar-refractivity contribution < 1.29 is 14.5 Å². The molecule has 1 amide bonds. The summed E-state index contributed by atoms with van der Waals surface area (Å²) in [6.07, 6.45) is 0.759. The lowest BCUT2D eigenvalue weighted by molar-refractivity contribution is -0.384. The van der Waals surface area contributed by atoms with Gasteiger partial charge in [0.15, 0.2) is 5.78 Å². The normalized spacial score (nSPS) is 15.1. The lowest BCUT2D eigenvalue weighted by atomic mass is 10.0. The first kappa shape index (κ1) is 19.5. The van der Waals surface area contributed by atoms with Crippen LogP contribution in [0, 0.1) is 10.1 Å². The third-order valence-corrected chi connectivity index (χ3v) is 4.78. The van der Waals surface area contributed by atoms with Gasteiger partial charge in [-0.1, -0.05) is 30.3 Å². The van der Waals surface area contributed by atoms with Crippen LogP contribution in [0.1, 0.15) is 22.3 Å². The summed E-state index contributed by atoms with van der Waals surface area (Å²) in [5.74, 6) is -0.637. The van der Waals surface area contributed by atoms with Crippen molar-refractivity contribution in [3.05, 3.63) is 69.8 Å². The number of nitrogens with zero attached hydrogens (tertiary/aromatic N) is 3. The van der Waals surface area contributed by atoms with E-state index in [0.717, 1.165) is 6.42 Å². The summed E-state index contributed by atoms with van der Waals surface area (Å²) >= 11 is 0. The van der Waals surface area contributed by atoms with Crippen molar-refractivity contribution in [2.75, 3.05) is 37.6 Å². The van der Waals surface area contributed by atoms with Gasteiger partial charge in [-0.25, -0.2) is 0 Å². The molecule has 0 saturated carbocycles. The Bertz CT molecular complexity index is 885. The Hall–Kier alpha value is -3.26. The zero-order valence-electron chi connectivity index (χ0n) is 15.4. The molecule has 28 heavy (non-hydrogen) atoms. The Morgan fingerprint density at radius 3 is 2.43 bits per heavy atom. The average molecular weight is 382 g/mol. The monoisotopic (exact) mass is 382 g/mol. The highest BCUT2D eigenvalue weighted by atomic mass is 16.6. The number of amides is 1. The number of rotatable bonds is 6. The summed E-state index contributed by atoms with van der Waals surface area (Å²) in [5.41, 5.74) is 6.42. The van der Waals surface area contributed by atoms with E-state index in [1.807, 2.05) is 15.9 Å². The number of nitro groups is 1. The van der Waals surface area contributed by atoms with E-state index >= 15 is 0 Å². The van der Waals surface area contributed by atoms with Gasteiger partial charge in [-0.3, -0.25) is 24.6 Å². The van der Waals surface area contributed by atoms with Gasteiger partial charge in [-0.2, -0.15) is 0 Å². The fourth-order valence-electron chi connectivity index (χ4n) is 3.42. The molecular formula is C20H22N4O4. The van der Waals surface area contributed by atoms with Crippen molar-refractivity contribution >= 4 is 23.1 Å². The van der Waals surface area contributed by atoms with Gasteiger partial charge in [0.2, 0.25) is 5.91 Å². The number of carbonyl (C=O) groups excluding carboxylic acids is 2. The molecule has 0 atom stereocenters. The number of nitro benzene ring substituents is 1. The number of carbonyl (C=O) groups is 2. The van der Waals surface area contributed by atoms with Gasteiger partial charge in [-0.15, -0.1) is 0 Å². The summed E-state index contributed by atoms with van der Waals surface area (Å²) < 4.78 is 0. The third-order valence-electron chi connectivity index (χ3n) is 4.78. The molecule has 0 unspecified atom stereocenters. The van der Waals surface area contributed by atoms with Gasteiger partial charge in [0, 0.05) is 43.4 Å². The van der Waals surface area contributed by atoms with E-state index in [1.54, 1.807) is 36.4 Å². The Morgan fingerprint density at radius 1 is 1.00 bits per heavy atom. The molecule has 1 aliphatic heterocycles. The second kappa shape index (κ2) is 8.62. The average Bonchev–Trinajstić information content (AvgIpc) is 2.92. The standard InChI is InChI=1S/C20H22N4O4/c21-19(25)14-22-9-4-10-23(12-11-22)17-8-7-16(13-18(17)24(27)28)20(26)15-5-2-1-3-6-15/h1-3,5-8,13H,4,9-12,14H2,(H2,21,25). The first-order valence-corrected chi connectivity index (χ1v) is 9.09. The number of anilines is 1. The second-order valence-electron chi connectivity index (χ2n) is 6.74. The molecule has 1 heterocycles. The Kier molecular flexibility index (Phi) is 6.00. The SMILES string of the molecule is NC(=O)CN1CCCN(c2ccc(C(=O)c3ccccc3)cc2[N+](=O)[O-])CC1. The number of ketones is 1. The number of nitrogens with two attached hydrogens (primary N) is 1. The van der Waals surface area contributed by atoms with Crippen LogP contribution in [-0.2, 0) is 4.79 Å². The maximum absolute atomic E-state index is 12.6. The first-order valence-electron chi connectivity index (χ1n) is 9.09. The molecule has 0 bridgehead atoms. The number of hydrogen-bond donors (Lipinski definition) is 1. The summed E-state index contributed by atoms with van der Waals surface area (Å²) in [6, 6.07) is 13.3. The minimum atomic E-state index is -0.455. The van der Waals surface area contributed by atoms with Crippen molar-refractivity contribution in [2.24, 2.45) is 5.73 Å². The highest BCUT2D eigenvalue weighted by Gasteiger charge is 2.24. The van der Waals surface area contributed by atoms with Crippen molar-refractivity contribution in [3.8, 4) is 0 Å². The maximum Gasteiger partial charge on any atom is 0.293 e. The molecule has 2 aromatic carbocycles. The number of primary amides is 1. The molecule has 1 fully saturated rings. The van der Waals surface area contributed by atoms with Crippen LogP contribution in [0.4, 0.5) is 11.4 Å². The molecule has 0 aliphatic carbocycles. The summed E-state index contributed by atoms with van der Waals surface area (Å²) in [5, 5.41) is 11.7. The lowest BCUT2D eigenvalue weighted by Gasteiger charge is -2.23. The van der Waals surface area contributed by atoms with E-state index in [1.165, 1.54) is 6.07 Å². The van der Waals surface area contributed by atoms with Gasteiger partial charge in [0.05, 0.1) is 11.5 Å².